The summed E-state index contributed by atoms with van der Waals surface area (Å²) in [6.45, 7) is 2.10. The molecule has 0 aliphatic heterocycles. The molecule has 1 atom stereocenters. The first-order valence-corrected chi connectivity index (χ1v) is 5.58. The van der Waals surface area contributed by atoms with Crippen LogP contribution < -0.4 is 0 Å². The van der Waals surface area contributed by atoms with E-state index in [-0.39, 0.29) is 6.42 Å². The molecule has 0 spiro atoms. The molecule has 0 fully saturated rings. The minimum Gasteiger partial charge on any atom is -0.479 e. The Bertz CT molecular complexity index is 359. The van der Waals surface area contributed by atoms with Crippen LogP contribution in [0.3, 0.4) is 0 Å². The van der Waals surface area contributed by atoms with Crippen LogP contribution in [0.25, 0.3) is 0 Å². The first-order valence-electron chi connectivity index (χ1n) is 4.82. The van der Waals surface area contributed by atoms with Crippen LogP contribution in [0.1, 0.15) is 12.5 Å². The summed E-state index contributed by atoms with van der Waals surface area (Å²) in [5.74, 6) is -0.988. The number of hydrogen-bond acceptors (Lipinski definition) is 2. The van der Waals surface area contributed by atoms with Crippen molar-refractivity contribution in [3.05, 3.63) is 33.8 Å². The lowest BCUT2D eigenvalue weighted by molar-refractivity contribution is -0.149. The molecule has 1 N–H and O–H groups in total. The minimum atomic E-state index is -0.988. The Morgan fingerprint density at radius 1 is 1.38 bits per heavy atom. The maximum Gasteiger partial charge on any atom is 0.333 e. The highest BCUT2D eigenvalue weighted by atomic mass is 35.5. The molecule has 5 heteroatoms. The van der Waals surface area contributed by atoms with Gasteiger partial charge in [-0.15, -0.1) is 0 Å². The van der Waals surface area contributed by atoms with E-state index in [1.54, 1.807) is 25.1 Å². The summed E-state index contributed by atoms with van der Waals surface area (Å²) < 4.78 is 5.10. The molecule has 0 bridgehead atoms. The third-order valence-electron chi connectivity index (χ3n) is 1.99. The molecule has 0 aliphatic carbocycles. The number of aliphatic carboxylic acids is 1. The van der Waals surface area contributed by atoms with Crippen molar-refractivity contribution in [3.63, 3.8) is 0 Å². The van der Waals surface area contributed by atoms with Gasteiger partial charge >= 0.3 is 5.97 Å². The summed E-state index contributed by atoms with van der Waals surface area (Å²) in [5, 5.41) is 9.89. The Labute approximate surface area is 104 Å². The van der Waals surface area contributed by atoms with E-state index in [0.29, 0.717) is 16.7 Å². The van der Waals surface area contributed by atoms with Crippen molar-refractivity contribution in [1.82, 2.24) is 0 Å². The number of rotatable bonds is 5. The average molecular weight is 263 g/mol. The Balaban J connectivity index is 2.80. The monoisotopic (exact) mass is 262 g/mol. The maximum atomic E-state index is 10.9. The third kappa shape index (κ3) is 4.00. The van der Waals surface area contributed by atoms with E-state index >= 15 is 0 Å². The van der Waals surface area contributed by atoms with Crippen LogP contribution >= 0.6 is 23.2 Å². The normalized spacial score (nSPS) is 12.4. The predicted molar refractivity (Wildman–Crippen MR) is 63.2 cm³/mol. The van der Waals surface area contributed by atoms with E-state index in [9.17, 15) is 4.79 Å². The van der Waals surface area contributed by atoms with Crippen molar-refractivity contribution in [2.75, 3.05) is 6.61 Å². The average Bonchev–Trinajstić information content (AvgIpc) is 2.15. The smallest absolute Gasteiger partial charge is 0.333 e. The summed E-state index contributed by atoms with van der Waals surface area (Å²) in [6.07, 6.45) is -0.608. The fourth-order valence-electron chi connectivity index (χ4n) is 1.36. The quantitative estimate of drug-likeness (QED) is 0.888. The SMILES string of the molecule is CCOC(Cc1cc(Cl)cc(Cl)c1)C(=O)O. The number of halogens is 2. The number of hydrogen-bond donors (Lipinski definition) is 1. The van der Waals surface area contributed by atoms with Gasteiger partial charge < -0.3 is 9.84 Å². The van der Waals surface area contributed by atoms with Crippen LogP contribution in [0.15, 0.2) is 18.2 Å². The Kier molecular flexibility index (Phi) is 5.06. The van der Waals surface area contributed by atoms with Gasteiger partial charge in [-0.3, -0.25) is 0 Å². The Morgan fingerprint density at radius 2 is 1.94 bits per heavy atom. The standard InChI is InChI=1S/C11H12Cl2O3/c1-2-16-10(11(14)15)5-7-3-8(12)6-9(13)4-7/h3-4,6,10H,2,5H2,1H3,(H,14,15). The first-order chi connectivity index (χ1) is 7.52. The van der Waals surface area contributed by atoms with E-state index in [1.807, 2.05) is 0 Å². The molecule has 0 aromatic heterocycles. The van der Waals surface area contributed by atoms with Crippen molar-refractivity contribution in [1.29, 1.82) is 0 Å². The van der Waals surface area contributed by atoms with E-state index in [2.05, 4.69) is 0 Å². The van der Waals surface area contributed by atoms with Crippen LogP contribution in [0.5, 0.6) is 0 Å². The second-order valence-corrected chi connectivity index (χ2v) is 4.14. The highest BCUT2D eigenvalue weighted by Crippen LogP contribution is 2.20. The lowest BCUT2D eigenvalue weighted by atomic mass is 10.1. The van der Waals surface area contributed by atoms with Crippen molar-refractivity contribution in [3.8, 4) is 0 Å². The highest BCUT2D eigenvalue weighted by Gasteiger charge is 2.18. The number of ether oxygens (including phenoxy) is 1. The van der Waals surface area contributed by atoms with E-state index < -0.39 is 12.1 Å². The molecule has 1 aromatic rings. The highest BCUT2D eigenvalue weighted by molar-refractivity contribution is 6.34. The van der Waals surface area contributed by atoms with Gasteiger partial charge in [-0.1, -0.05) is 23.2 Å². The van der Waals surface area contributed by atoms with Crippen molar-refractivity contribution < 1.29 is 14.6 Å². The number of benzene rings is 1. The zero-order chi connectivity index (χ0) is 12.1. The zero-order valence-electron chi connectivity index (χ0n) is 8.74. The third-order valence-corrected chi connectivity index (χ3v) is 2.42. The van der Waals surface area contributed by atoms with Crippen LogP contribution in [0.4, 0.5) is 0 Å². The van der Waals surface area contributed by atoms with Crippen LogP contribution in [0.2, 0.25) is 10.0 Å². The molecule has 3 nitrogen and oxygen atoms in total. The van der Waals surface area contributed by atoms with Gasteiger partial charge in [0, 0.05) is 23.1 Å². The molecule has 0 amide bonds. The van der Waals surface area contributed by atoms with Crippen LogP contribution in [-0.4, -0.2) is 23.8 Å². The molecule has 0 radical (unpaired) electrons. The van der Waals surface area contributed by atoms with Gasteiger partial charge in [0.15, 0.2) is 6.10 Å². The van der Waals surface area contributed by atoms with E-state index in [1.165, 1.54) is 0 Å². The Hall–Kier alpha value is -0.770. The summed E-state index contributed by atoms with van der Waals surface area (Å²) >= 11 is 11.6. The van der Waals surface area contributed by atoms with Gasteiger partial charge in [0.1, 0.15) is 0 Å². The van der Waals surface area contributed by atoms with Gasteiger partial charge in [0.2, 0.25) is 0 Å². The molecular formula is C11H12Cl2O3. The number of carbonyl (C=O) groups is 1. The second-order valence-electron chi connectivity index (χ2n) is 3.26. The van der Waals surface area contributed by atoms with E-state index in [0.717, 1.165) is 5.56 Å². The summed E-state index contributed by atoms with van der Waals surface area (Å²) in [4.78, 5) is 10.9. The molecule has 16 heavy (non-hydrogen) atoms. The van der Waals surface area contributed by atoms with Gasteiger partial charge in [-0.25, -0.2) is 4.79 Å². The Morgan fingerprint density at radius 3 is 2.38 bits per heavy atom. The fourth-order valence-corrected chi connectivity index (χ4v) is 1.93. The van der Waals surface area contributed by atoms with Crippen molar-refractivity contribution in [2.45, 2.75) is 19.4 Å². The number of carboxylic acids is 1. The molecule has 1 aromatic carbocycles. The first kappa shape index (κ1) is 13.3. The van der Waals surface area contributed by atoms with Gasteiger partial charge in [-0.05, 0) is 30.7 Å². The fraction of sp³-hybridized carbons (Fsp3) is 0.364. The van der Waals surface area contributed by atoms with Gasteiger partial charge in [-0.2, -0.15) is 0 Å². The molecule has 0 heterocycles. The number of carboxylic acid groups (broad SMARTS) is 1. The van der Waals surface area contributed by atoms with Gasteiger partial charge in [0.25, 0.3) is 0 Å². The predicted octanol–water partition coefficient (Wildman–Crippen LogP) is 3.03. The van der Waals surface area contributed by atoms with Crippen molar-refractivity contribution >= 4 is 29.2 Å². The van der Waals surface area contributed by atoms with Crippen LogP contribution in [0, 0.1) is 0 Å². The zero-order valence-corrected chi connectivity index (χ0v) is 10.3. The topological polar surface area (TPSA) is 46.5 Å². The largest absolute Gasteiger partial charge is 0.479 e. The minimum absolute atomic E-state index is 0.253. The molecule has 0 saturated heterocycles. The summed E-state index contributed by atoms with van der Waals surface area (Å²) in [7, 11) is 0. The van der Waals surface area contributed by atoms with E-state index in [4.69, 9.17) is 33.0 Å². The lowest BCUT2D eigenvalue weighted by Gasteiger charge is -2.12. The van der Waals surface area contributed by atoms with Crippen LogP contribution in [-0.2, 0) is 16.0 Å². The van der Waals surface area contributed by atoms with Crippen molar-refractivity contribution in [2.24, 2.45) is 0 Å². The lowest BCUT2D eigenvalue weighted by Crippen LogP contribution is -2.26. The molecule has 1 rings (SSSR count). The summed E-state index contributed by atoms with van der Waals surface area (Å²) in [6, 6.07) is 4.97. The molecular weight excluding hydrogens is 251 g/mol. The molecule has 88 valence electrons. The summed E-state index contributed by atoms with van der Waals surface area (Å²) in [5.41, 5.74) is 0.748. The molecule has 1 unspecified atom stereocenters. The second kappa shape index (κ2) is 6.09. The molecule has 0 aliphatic rings. The molecule has 0 saturated carbocycles. The van der Waals surface area contributed by atoms with Gasteiger partial charge in [0.05, 0.1) is 0 Å². The maximum absolute atomic E-state index is 10.9.